The van der Waals surface area contributed by atoms with E-state index in [1.807, 2.05) is 0 Å². The molecule has 0 aliphatic heterocycles. The maximum Gasteiger partial charge on any atom is 0.309 e. The first-order valence-electron chi connectivity index (χ1n) is 6.50. The van der Waals surface area contributed by atoms with Crippen molar-refractivity contribution in [2.45, 2.75) is 38.5 Å². The lowest BCUT2D eigenvalue weighted by Crippen LogP contribution is -2.41. The van der Waals surface area contributed by atoms with Crippen molar-refractivity contribution in [1.82, 2.24) is 10.6 Å². The molecule has 5 heteroatoms. The van der Waals surface area contributed by atoms with Crippen LogP contribution in [0, 0.1) is 5.92 Å². The molecule has 1 rings (SSSR count). The van der Waals surface area contributed by atoms with E-state index in [1.165, 1.54) is 25.7 Å². The Morgan fingerprint density at radius 1 is 1.06 bits per heavy atom. The molecule has 0 radical (unpaired) electrons. The molecule has 1 aliphatic carbocycles. The Hall–Kier alpha value is -1.10. The lowest BCUT2D eigenvalue weighted by atomic mass is 10.0. The Bertz CT molecular complexity index is 250. The third kappa shape index (κ3) is 5.68. The van der Waals surface area contributed by atoms with Crippen LogP contribution in [0.4, 0.5) is 0 Å². The largest absolute Gasteiger partial charge is 0.348 e. The number of amides is 2. The summed E-state index contributed by atoms with van der Waals surface area (Å²) in [5.74, 6) is -0.306. The van der Waals surface area contributed by atoms with Gasteiger partial charge in [0, 0.05) is 19.6 Å². The Labute approximate surface area is 103 Å². The van der Waals surface area contributed by atoms with Crippen LogP contribution >= 0.6 is 0 Å². The van der Waals surface area contributed by atoms with Crippen molar-refractivity contribution in [3.63, 3.8) is 0 Å². The summed E-state index contributed by atoms with van der Waals surface area (Å²) in [4.78, 5) is 22.5. The van der Waals surface area contributed by atoms with Crippen LogP contribution < -0.4 is 16.4 Å². The number of nitrogens with two attached hydrogens (primary N) is 1. The predicted octanol–water partition coefficient (Wildman–Crippen LogP) is 0.148. The van der Waals surface area contributed by atoms with Crippen molar-refractivity contribution in [3.8, 4) is 0 Å². The zero-order valence-corrected chi connectivity index (χ0v) is 10.3. The molecule has 5 nitrogen and oxygen atoms in total. The summed E-state index contributed by atoms with van der Waals surface area (Å²) >= 11 is 0. The normalized spacial score (nSPS) is 15.8. The smallest absolute Gasteiger partial charge is 0.309 e. The third-order valence-corrected chi connectivity index (χ3v) is 3.19. The van der Waals surface area contributed by atoms with Crippen LogP contribution in [0.25, 0.3) is 0 Å². The predicted molar refractivity (Wildman–Crippen MR) is 66.3 cm³/mol. The molecule has 17 heavy (non-hydrogen) atoms. The molecule has 0 atom stereocenters. The van der Waals surface area contributed by atoms with Crippen LogP contribution in [0.2, 0.25) is 0 Å². The molecule has 0 aromatic carbocycles. The Balaban J connectivity index is 2.01. The highest BCUT2D eigenvalue weighted by Gasteiger charge is 2.15. The van der Waals surface area contributed by atoms with E-state index in [9.17, 15) is 9.59 Å². The molecule has 1 saturated carbocycles. The topological polar surface area (TPSA) is 84.2 Å². The van der Waals surface area contributed by atoms with Crippen LogP contribution in [0.3, 0.4) is 0 Å². The molecule has 4 N–H and O–H groups in total. The van der Waals surface area contributed by atoms with E-state index in [1.54, 1.807) is 0 Å². The van der Waals surface area contributed by atoms with E-state index in [-0.39, 0.29) is 0 Å². The maximum atomic E-state index is 11.3. The lowest BCUT2D eigenvalue weighted by Gasteiger charge is -2.09. The van der Waals surface area contributed by atoms with E-state index in [2.05, 4.69) is 10.6 Å². The van der Waals surface area contributed by atoms with Crippen LogP contribution in [0.15, 0.2) is 0 Å². The first-order chi connectivity index (χ1) is 8.24. The standard InChI is InChI=1S/C12H23N3O2/c13-7-9-15-12(17)11(16)14-8-3-6-10-4-1-2-5-10/h10H,1-9,13H2,(H,14,16)(H,15,17). The van der Waals surface area contributed by atoms with Gasteiger partial charge in [0.05, 0.1) is 0 Å². The minimum absolute atomic E-state index is 0.342. The molecule has 0 aromatic heterocycles. The highest BCUT2D eigenvalue weighted by Crippen LogP contribution is 2.28. The van der Waals surface area contributed by atoms with Crippen molar-refractivity contribution < 1.29 is 9.59 Å². The minimum Gasteiger partial charge on any atom is -0.348 e. The van der Waals surface area contributed by atoms with Crippen LogP contribution in [0.1, 0.15) is 38.5 Å². The molecule has 0 unspecified atom stereocenters. The molecule has 2 amide bonds. The maximum absolute atomic E-state index is 11.3. The van der Waals surface area contributed by atoms with Gasteiger partial charge in [0.25, 0.3) is 0 Å². The van der Waals surface area contributed by atoms with E-state index >= 15 is 0 Å². The van der Waals surface area contributed by atoms with E-state index in [4.69, 9.17) is 5.73 Å². The number of carbonyl (C=O) groups is 2. The van der Waals surface area contributed by atoms with Gasteiger partial charge in [-0.1, -0.05) is 25.7 Å². The minimum atomic E-state index is -0.587. The Morgan fingerprint density at radius 2 is 1.65 bits per heavy atom. The van der Waals surface area contributed by atoms with Gasteiger partial charge in [-0.25, -0.2) is 0 Å². The Kier molecular flexibility index (Phi) is 6.62. The quantitative estimate of drug-likeness (QED) is 0.457. The number of hydrogen-bond acceptors (Lipinski definition) is 3. The molecule has 98 valence electrons. The highest BCUT2D eigenvalue weighted by atomic mass is 16.2. The molecule has 1 fully saturated rings. The second-order valence-corrected chi connectivity index (χ2v) is 4.59. The molecule has 1 aliphatic rings. The number of hydrogen-bond donors (Lipinski definition) is 3. The molecular weight excluding hydrogens is 218 g/mol. The molecule has 0 saturated heterocycles. The lowest BCUT2D eigenvalue weighted by molar-refractivity contribution is -0.139. The number of rotatable bonds is 6. The van der Waals surface area contributed by atoms with Crippen molar-refractivity contribution in [3.05, 3.63) is 0 Å². The number of carbonyl (C=O) groups excluding carboxylic acids is 2. The van der Waals surface area contributed by atoms with E-state index in [0.29, 0.717) is 19.6 Å². The first-order valence-corrected chi connectivity index (χ1v) is 6.50. The van der Waals surface area contributed by atoms with Gasteiger partial charge in [-0.3, -0.25) is 9.59 Å². The second kappa shape index (κ2) is 8.06. The van der Waals surface area contributed by atoms with Gasteiger partial charge < -0.3 is 16.4 Å². The average molecular weight is 241 g/mol. The van der Waals surface area contributed by atoms with Crippen molar-refractivity contribution >= 4 is 11.8 Å². The van der Waals surface area contributed by atoms with Gasteiger partial charge in [-0.15, -0.1) is 0 Å². The summed E-state index contributed by atoms with van der Waals surface area (Å²) in [7, 11) is 0. The van der Waals surface area contributed by atoms with E-state index < -0.39 is 11.8 Å². The van der Waals surface area contributed by atoms with Crippen LogP contribution in [-0.4, -0.2) is 31.4 Å². The molecule has 0 heterocycles. The van der Waals surface area contributed by atoms with Gasteiger partial charge in [0.15, 0.2) is 0 Å². The van der Waals surface area contributed by atoms with Gasteiger partial charge >= 0.3 is 11.8 Å². The summed E-state index contributed by atoms with van der Waals surface area (Å²) in [5, 5.41) is 5.06. The fourth-order valence-corrected chi connectivity index (χ4v) is 2.24. The van der Waals surface area contributed by atoms with Gasteiger partial charge in [-0.2, -0.15) is 0 Å². The van der Waals surface area contributed by atoms with Crippen LogP contribution in [-0.2, 0) is 9.59 Å². The summed E-state index contributed by atoms with van der Waals surface area (Å²) in [6.45, 7) is 1.28. The molecule has 0 aromatic rings. The van der Waals surface area contributed by atoms with E-state index in [0.717, 1.165) is 18.8 Å². The highest BCUT2D eigenvalue weighted by molar-refractivity contribution is 6.35. The SMILES string of the molecule is NCCNC(=O)C(=O)NCCCC1CCCC1. The fraction of sp³-hybridized carbons (Fsp3) is 0.833. The summed E-state index contributed by atoms with van der Waals surface area (Å²) in [6, 6.07) is 0. The number of nitrogens with one attached hydrogen (secondary N) is 2. The fourth-order valence-electron chi connectivity index (χ4n) is 2.24. The zero-order chi connectivity index (χ0) is 12.5. The van der Waals surface area contributed by atoms with Gasteiger partial charge in [0.2, 0.25) is 0 Å². The molecular formula is C12H23N3O2. The molecule has 0 bridgehead atoms. The van der Waals surface area contributed by atoms with Gasteiger partial charge in [-0.05, 0) is 18.8 Å². The zero-order valence-electron chi connectivity index (χ0n) is 10.3. The second-order valence-electron chi connectivity index (χ2n) is 4.59. The molecule has 0 spiro atoms. The van der Waals surface area contributed by atoms with Crippen molar-refractivity contribution in [2.24, 2.45) is 11.7 Å². The monoisotopic (exact) mass is 241 g/mol. The summed E-state index contributed by atoms with van der Waals surface area (Å²) in [6.07, 6.45) is 7.46. The Morgan fingerprint density at radius 3 is 2.24 bits per heavy atom. The van der Waals surface area contributed by atoms with Crippen LogP contribution in [0.5, 0.6) is 0 Å². The summed E-state index contributed by atoms with van der Waals surface area (Å²) in [5.41, 5.74) is 5.22. The first kappa shape index (κ1) is 14.0. The summed E-state index contributed by atoms with van der Waals surface area (Å²) < 4.78 is 0. The average Bonchev–Trinajstić information content (AvgIpc) is 2.84. The van der Waals surface area contributed by atoms with Crippen molar-refractivity contribution in [1.29, 1.82) is 0 Å². The van der Waals surface area contributed by atoms with Crippen molar-refractivity contribution in [2.75, 3.05) is 19.6 Å². The van der Waals surface area contributed by atoms with Gasteiger partial charge in [0.1, 0.15) is 0 Å². The third-order valence-electron chi connectivity index (χ3n) is 3.19.